The molecule has 2 aliphatic rings. The van der Waals surface area contributed by atoms with Crippen molar-refractivity contribution >= 4 is 74.9 Å². The van der Waals surface area contributed by atoms with Gasteiger partial charge in [-0.2, -0.15) is 0 Å². The first-order valence-electron chi connectivity index (χ1n) is 13.3. The highest BCUT2D eigenvalue weighted by Crippen LogP contribution is 2.45. The van der Waals surface area contributed by atoms with Gasteiger partial charge in [-0.3, -0.25) is 14.5 Å². The van der Waals surface area contributed by atoms with E-state index in [-0.39, 0.29) is 28.1 Å². The predicted octanol–water partition coefficient (Wildman–Crippen LogP) is 6.87. The van der Waals surface area contributed by atoms with E-state index in [2.05, 4.69) is 10.2 Å². The number of amides is 1. The zero-order valence-corrected chi connectivity index (χ0v) is 26.4. The fourth-order valence-corrected chi connectivity index (χ4v) is 7.55. The number of carbonyl (C=O) groups excluding carboxylic acids is 3. The van der Waals surface area contributed by atoms with E-state index in [1.54, 1.807) is 42.5 Å². The molecule has 1 saturated heterocycles. The summed E-state index contributed by atoms with van der Waals surface area (Å²) in [6.45, 7) is 1.95. The molecule has 3 heterocycles. The Morgan fingerprint density at radius 2 is 1.84 bits per heavy atom. The lowest BCUT2D eigenvalue weighted by atomic mass is 9.94. The van der Waals surface area contributed by atoms with E-state index in [1.807, 2.05) is 13.0 Å². The number of Topliss-reactive ketones (excluding diaryl/α,β-unsaturated/α-hetero) is 1. The summed E-state index contributed by atoms with van der Waals surface area (Å²) >= 11 is 14.8. The van der Waals surface area contributed by atoms with Crippen molar-refractivity contribution in [1.82, 2.24) is 10.2 Å². The molecule has 3 aromatic carbocycles. The third-order valence-electron chi connectivity index (χ3n) is 7.23. The van der Waals surface area contributed by atoms with E-state index in [9.17, 15) is 19.5 Å². The van der Waals surface area contributed by atoms with Crippen molar-refractivity contribution in [3.8, 4) is 5.75 Å². The number of aromatic nitrogens is 2. The molecule has 0 saturated carbocycles. The number of halogens is 2. The van der Waals surface area contributed by atoms with Crippen molar-refractivity contribution in [3.63, 3.8) is 0 Å². The number of ketones is 1. The quantitative estimate of drug-likeness (QED) is 0.0562. The molecule has 224 valence electrons. The minimum Gasteiger partial charge on any atom is -0.507 e. The Balaban J connectivity index is 1.39. The van der Waals surface area contributed by atoms with Crippen LogP contribution >= 0.6 is 46.3 Å². The predicted molar refractivity (Wildman–Crippen MR) is 169 cm³/mol. The number of ether oxygens (including phenoxy) is 2. The molecule has 0 bridgehead atoms. The summed E-state index contributed by atoms with van der Waals surface area (Å²) in [7, 11) is 1.28. The van der Waals surface area contributed by atoms with Gasteiger partial charge in [-0.25, -0.2) is 4.79 Å². The number of benzene rings is 3. The van der Waals surface area contributed by atoms with Gasteiger partial charge in [-0.15, -0.1) is 10.2 Å². The molecule has 2 atom stereocenters. The van der Waals surface area contributed by atoms with Crippen LogP contribution in [0.25, 0.3) is 5.76 Å². The molecule has 9 nitrogen and oxygen atoms in total. The molecular formula is C31H23Cl2N3O6S2. The summed E-state index contributed by atoms with van der Waals surface area (Å²) in [5.74, 6) is -1.41. The number of hydrogen-bond acceptors (Lipinski definition) is 10. The molecule has 0 radical (unpaired) electrons. The van der Waals surface area contributed by atoms with Gasteiger partial charge in [0, 0.05) is 27.8 Å². The number of thioether (sulfide) groups is 1. The number of aliphatic hydroxyl groups excluding tert-OH is 1. The summed E-state index contributed by atoms with van der Waals surface area (Å²) in [6.07, 6.45) is 0.636. The lowest BCUT2D eigenvalue weighted by Gasteiger charge is -2.22. The molecule has 0 aliphatic carbocycles. The fraction of sp³-hybridized carbons (Fsp3) is 0.194. The fourth-order valence-electron chi connectivity index (χ4n) is 5.13. The Hall–Kier alpha value is -3.90. The normalized spacial score (nSPS) is 18.8. The number of hydrogen-bond donors (Lipinski definition) is 1. The zero-order valence-electron chi connectivity index (χ0n) is 23.2. The van der Waals surface area contributed by atoms with E-state index in [4.69, 9.17) is 32.7 Å². The Kier molecular flexibility index (Phi) is 8.38. The van der Waals surface area contributed by atoms with Crippen molar-refractivity contribution in [2.75, 3.05) is 12.0 Å². The molecule has 44 heavy (non-hydrogen) atoms. The largest absolute Gasteiger partial charge is 0.507 e. The van der Waals surface area contributed by atoms with Crippen LogP contribution in [0.3, 0.4) is 0 Å². The molecule has 4 aromatic rings. The minimum atomic E-state index is -1.04. The average Bonchev–Trinajstić information content (AvgIpc) is 3.70. The van der Waals surface area contributed by atoms with Gasteiger partial charge in [-0.05, 0) is 66.1 Å². The zero-order chi connectivity index (χ0) is 31.1. The van der Waals surface area contributed by atoms with E-state index in [0.717, 1.165) is 22.5 Å². The summed E-state index contributed by atoms with van der Waals surface area (Å²) in [6, 6.07) is 15.6. The van der Waals surface area contributed by atoms with Crippen LogP contribution in [-0.4, -0.2) is 46.2 Å². The number of aliphatic hydroxyl groups is 1. The molecule has 1 fully saturated rings. The van der Waals surface area contributed by atoms with Gasteiger partial charge in [-0.1, -0.05) is 64.5 Å². The highest BCUT2D eigenvalue weighted by Gasteiger charge is 2.48. The van der Waals surface area contributed by atoms with Gasteiger partial charge in [0.25, 0.3) is 5.78 Å². The number of carbonyl (C=O) groups is 3. The van der Waals surface area contributed by atoms with Crippen LogP contribution in [0.15, 0.2) is 70.6 Å². The molecule has 2 aliphatic heterocycles. The summed E-state index contributed by atoms with van der Waals surface area (Å²) < 4.78 is 11.1. The molecule has 1 aromatic heterocycles. The second-order valence-electron chi connectivity index (χ2n) is 10.1. The topological polar surface area (TPSA) is 119 Å². The summed E-state index contributed by atoms with van der Waals surface area (Å²) in [4.78, 5) is 40.5. The SMILES string of the molecule is COC(=O)c1ccc([C@H]2C(=C(O)c3ccc4c(c3)C[C@@H](C)O4)C(=O)C(=O)N2c2nnc(SCc3ccc(Cl)cc3Cl)s2)cc1. The number of esters is 1. The molecule has 0 unspecified atom stereocenters. The molecular weight excluding hydrogens is 645 g/mol. The van der Waals surface area contributed by atoms with Crippen molar-refractivity contribution in [1.29, 1.82) is 0 Å². The van der Waals surface area contributed by atoms with Crippen molar-refractivity contribution in [3.05, 3.63) is 104 Å². The Morgan fingerprint density at radius 1 is 1.09 bits per heavy atom. The third-order valence-corrected chi connectivity index (χ3v) is 9.92. The molecule has 0 spiro atoms. The van der Waals surface area contributed by atoms with E-state index >= 15 is 0 Å². The maximum atomic E-state index is 13.6. The smallest absolute Gasteiger partial charge is 0.337 e. The number of nitrogens with zero attached hydrogens (tertiary/aromatic N) is 3. The number of fused-ring (bicyclic) bond motifs is 1. The summed E-state index contributed by atoms with van der Waals surface area (Å²) in [5.41, 5.74) is 2.78. The minimum absolute atomic E-state index is 0.0125. The van der Waals surface area contributed by atoms with Gasteiger partial charge in [0.05, 0.1) is 24.3 Å². The lowest BCUT2D eigenvalue weighted by molar-refractivity contribution is -0.132. The van der Waals surface area contributed by atoms with Gasteiger partial charge in [0.15, 0.2) is 4.34 Å². The maximum Gasteiger partial charge on any atom is 0.337 e. The van der Waals surface area contributed by atoms with Crippen molar-refractivity contribution < 1.29 is 29.0 Å². The standard InChI is InChI=1S/C31H23Cl2N3O6S2/c1-15-11-20-12-18(8-10-23(20)42-15)26(37)24-25(16-3-5-17(6-4-16)29(40)41-2)36(28(39)27(24)38)30-34-35-31(44-30)43-14-19-7-9-21(32)13-22(19)33/h3-10,12-13,15,25,37H,11,14H2,1-2H3/t15-,25+/m1/s1. The maximum absolute atomic E-state index is 13.6. The number of rotatable bonds is 7. The molecule has 6 rings (SSSR count). The second kappa shape index (κ2) is 12.2. The Morgan fingerprint density at radius 3 is 2.57 bits per heavy atom. The van der Waals surface area contributed by atoms with E-state index in [0.29, 0.717) is 43.4 Å². The molecule has 1 amide bonds. The summed E-state index contributed by atoms with van der Waals surface area (Å²) in [5, 5.41) is 21.2. The van der Waals surface area contributed by atoms with Gasteiger partial charge in [0.2, 0.25) is 5.13 Å². The van der Waals surface area contributed by atoms with Crippen molar-refractivity contribution in [2.24, 2.45) is 0 Å². The van der Waals surface area contributed by atoms with Gasteiger partial charge >= 0.3 is 11.9 Å². The van der Waals surface area contributed by atoms with Crippen LogP contribution in [0.5, 0.6) is 5.75 Å². The molecule has 1 N–H and O–H groups in total. The van der Waals surface area contributed by atoms with E-state index < -0.39 is 23.7 Å². The van der Waals surface area contributed by atoms with Gasteiger partial charge in [0.1, 0.15) is 17.6 Å². The van der Waals surface area contributed by atoms with Crippen molar-refractivity contribution in [2.45, 2.75) is 35.6 Å². The van der Waals surface area contributed by atoms with Crippen LogP contribution in [0.1, 0.15) is 45.6 Å². The molecule has 13 heteroatoms. The highest BCUT2D eigenvalue weighted by atomic mass is 35.5. The van der Waals surface area contributed by atoms with Gasteiger partial charge < -0.3 is 14.6 Å². The lowest BCUT2D eigenvalue weighted by Crippen LogP contribution is -2.29. The highest BCUT2D eigenvalue weighted by molar-refractivity contribution is 8.00. The third kappa shape index (κ3) is 5.68. The van der Waals surface area contributed by atoms with Crippen LogP contribution < -0.4 is 9.64 Å². The average molecular weight is 669 g/mol. The number of methoxy groups -OCH3 is 1. The number of anilines is 1. The second-order valence-corrected chi connectivity index (χ2v) is 13.1. The van der Waals surface area contributed by atoms with E-state index in [1.165, 1.54) is 35.9 Å². The van der Waals surface area contributed by atoms with Crippen LogP contribution in [0, 0.1) is 0 Å². The first-order chi connectivity index (χ1) is 21.1. The first-order valence-corrected chi connectivity index (χ1v) is 15.9. The first kappa shape index (κ1) is 30.1. The van der Waals surface area contributed by atoms with Crippen LogP contribution in [-0.2, 0) is 26.5 Å². The Bertz CT molecular complexity index is 1840. The monoisotopic (exact) mass is 667 g/mol. The van der Waals surface area contributed by atoms with Crippen LogP contribution in [0.2, 0.25) is 10.0 Å². The van der Waals surface area contributed by atoms with Crippen LogP contribution in [0.4, 0.5) is 5.13 Å². The Labute approximate surface area is 270 Å².